The molecule has 0 spiro atoms. The molecule has 0 aliphatic carbocycles. The van der Waals surface area contributed by atoms with Crippen LogP contribution in [0, 0.1) is 5.92 Å². The minimum atomic E-state index is -0.536. The third kappa shape index (κ3) is 3.41. The van der Waals surface area contributed by atoms with E-state index in [0.717, 1.165) is 18.4 Å². The minimum Gasteiger partial charge on any atom is -0.392 e. The second-order valence-electron chi connectivity index (χ2n) is 4.92. The van der Waals surface area contributed by atoms with E-state index in [2.05, 4.69) is 0 Å². The standard InChI is InChI=1S/C14H19Cl2NO2/c15-11-2-1-3-12(16)13(11)10(8-17)14(18)9-4-6-19-7-5-9/h1-3,9-10,14,18H,4-8,17H2. The Morgan fingerprint density at radius 3 is 2.37 bits per heavy atom. The molecule has 1 aromatic rings. The fourth-order valence-corrected chi connectivity index (χ4v) is 3.36. The van der Waals surface area contributed by atoms with Gasteiger partial charge in [-0.05, 0) is 36.5 Å². The molecule has 0 amide bonds. The molecular weight excluding hydrogens is 285 g/mol. The van der Waals surface area contributed by atoms with Gasteiger partial charge in [0.05, 0.1) is 6.10 Å². The lowest BCUT2D eigenvalue weighted by atomic mass is 9.82. The molecular formula is C14H19Cl2NO2. The summed E-state index contributed by atoms with van der Waals surface area (Å²) < 4.78 is 5.32. The van der Waals surface area contributed by atoms with Gasteiger partial charge in [-0.3, -0.25) is 0 Å². The maximum atomic E-state index is 10.6. The average Bonchev–Trinajstić information content (AvgIpc) is 2.43. The summed E-state index contributed by atoms with van der Waals surface area (Å²) in [7, 11) is 0. The lowest BCUT2D eigenvalue weighted by molar-refractivity contribution is -0.00191. The molecule has 0 radical (unpaired) electrons. The van der Waals surface area contributed by atoms with Crippen molar-refractivity contribution in [3.8, 4) is 0 Å². The van der Waals surface area contributed by atoms with E-state index in [0.29, 0.717) is 29.8 Å². The Morgan fingerprint density at radius 2 is 1.84 bits per heavy atom. The SMILES string of the molecule is NCC(c1c(Cl)cccc1Cl)C(O)C1CCOCC1. The first kappa shape index (κ1) is 15.1. The largest absolute Gasteiger partial charge is 0.392 e. The van der Waals surface area contributed by atoms with E-state index in [1.165, 1.54) is 0 Å². The van der Waals surface area contributed by atoms with Crippen LogP contribution in [-0.2, 0) is 4.74 Å². The van der Waals surface area contributed by atoms with Crippen molar-refractivity contribution in [1.82, 2.24) is 0 Å². The summed E-state index contributed by atoms with van der Waals surface area (Å²) in [6.07, 6.45) is 1.16. The van der Waals surface area contributed by atoms with Gasteiger partial charge in [0.1, 0.15) is 0 Å². The van der Waals surface area contributed by atoms with Gasteiger partial charge in [0.25, 0.3) is 0 Å². The van der Waals surface area contributed by atoms with Crippen LogP contribution in [0.25, 0.3) is 0 Å². The van der Waals surface area contributed by atoms with Gasteiger partial charge in [-0.15, -0.1) is 0 Å². The Labute approximate surface area is 123 Å². The Bertz CT molecular complexity index is 402. The third-order valence-corrected chi connectivity index (χ3v) is 4.44. The molecule has 1 aliphatic rings. The van der Waals surface area contributed by atoms with Crippen LogP contribution in [0.4, 0.5) is 0 Å². The fraction of sp³-hybridized carbons (Fsp3) is 0.571. The number of nitrogens with two attached hydrogens (primary N) is 1. The Morgan fingerprint density at radius 1 is 1.26 bits per heavy atom. The third-order valence-electron chi connectivity index (χ3n) is 3.79. The van der Waals surface area contributed by atoms with Crippen LogP contribution in [0.5, 0.6) is 0 Å². The summed E-state index contributed by atoms with van der Waals surface area (Å²) in [4.78, 5) is 0. The minimum absolute atomic E-state index is 0.189. The summed E-state index contributed by atoms with van der Waals surface area (Å²) in [5.41, 5.74) is 6.60. The van der Waals surface area contributed by atoms with E-state index in [1.807, 2.05) is 0 Å². The van der Waals surface area contributed by atoms with Gasteiger partial charge in [-0.1, -0.05) is 29.3 Å². The quantitative estimate of drug-likeness (QED) is 0.899. The number of hydrogen-bond acceptors (Lipinski definition) is 3. The second-order valence-corrected chi connectivity index (χ2v) is 5.73. The van der Waals surface area contributed by atoms with Gasteiger partial charge in [0, 0.05) is 35.7 Å². The first-order valence-corrected chi connectivity index (χ1v) is 7.30. The number of ether oxygens (including phenoxy) is 1. The molecule has 3 nitrogen and oxygen atoms in total. The van der Waals surface area contributed by atoms with E-state index in [-0.39, 0.29) is 11.8 Å². The van der Waals surface area contributed by atoms with Crippen molar-refractivity contribution in [3.05, 3.63) is 33.8 Å². The normalized spacial score (nSPS) is 20.2. The molecule has 1 aliphatic heterocycles. The molecule has 3 N–H and O–H groups in total. The fourth-order valence-electron chi connectivity index (χ4n) is 2.68. The van der Waals surface area contributed by atoms with Crippen molar-refractivity contribution in [2.24, 2.45) is 11.7 Å². The van der Waals surface area contributed by atoms with Crippen molar-refractivity contribution in [3.63, 3.8) is 0 Å². The van der Waals surface area contributed by atoms with Crippen LogP contribution in [0.15, 0.2) is 18.2 Å². The van der Waals surface area contributed by atoms with Crippen molar-refractivity contribution in [2.75, 3.05) is 19.8 Å². The maximum Gasteiger partial charge on any atom is 0.0651 e. The zero-order chi connectivity index (χ0) is 13.8. The van der Waals surface area contributed by atoms with E-state index in [1.54, 1.807) is 18.2 Å². The zero-order valence-electron chi connectivity index (χ0n) is 10.7. The molecule has 1 saturated heterocycles. The van der Waals surface area contributed by atoms with Gasteiger partial charge < -0.3 is 15.6 Å². The van der Waals surface area contributed by atoms with Gasteiger partial charge >= 0.3 is 0 Å². The summed E-state index contributed by atoms with van der Waals surface area (Å²) in [5, 5.41) is 11.7. The molecule has 2 atom stereocenters. The summed E-state index contributed by atoms with van der Waals surface area (Å²) >= 11 is 12.4. The molecule has 0 bridgehead atoms. The summed E-state index contributed by atoms with van der Waals surface area (Å²) in [6.45, 7) is 1.70. The van der Waals surface area contributed by atoms with Crippen LogP contribution >= 0.6 is 23.2 Å². The molecule has 1 fully saturated rings. The van der Waals surface area contributed by atoms with Crippen molar-refractivity contribution >= 4 is 23.2 Å². The lowest BCUT2D eigenvalue weighted by Gasteiger charge is -2.32. The van der Waals surface area contributed by atoms with Gasteiger partial charge in [0.15, 0.2) is 0 Å². The lowest BCUT2D eigenvalue weighted by Crippen LogP contribution is -2.35. The smallest absolute Gasteiger partial charge is 0.0651 e. The molecule has 0 saturated carbocycles. The predicted molar refractivity (Wildman–Crippen MR) is 77.8 cm³/mol. The summed E-state index contributed by atoms with van der Waals surface area (Å²) in [5.74, 6) is -0.0426. The number of aliphatic hydroxyl groups is 1. The van der Waals surface area contributed by atoms with Crippen LogP contribution in [0.1, 0.15) is 24.3 Å². The van der Waals surface area contributed by atoms with Crippen molar-refractivity contribution in [1.29, 1.82) is 0 Å². The van der Waals surface area contributed by atoms with Crippen molar-refractivity contribution in [2.45, 2.75) is 24.9 Å². The van der Waals surface area contributed by atoms with Gasteiger partial charge in [-0.25, -0.2) is 0 Å². The zero-order valence-corrected chi connectivity index (χ0v) is 12.2. The molecule has 2 unspecified atom stereocenters. The van der Waals surface area contributed by atoms with Gasteiger partial charge in [0.2, 0.25) is 0 Å². The molecule has 19 heavy (non-hydrogen) atoms. The monoisotopic (exact) mass is 303 g/mol. The van der Waals surface area contributed by atoms with E-state index < -0.39 is 6.10 Å². The number of halogens is 2. The Kier molecular flexibility index (Phi) is 5.48. The first-order chi connectivity index (χ1) is 9.15. The highest BCUT2D eigenvalue weighted by atomic mass is 35.5. The van der Waals surface area contributed by atoms with Gasteiger partial charge in [-0.2, -0.15) is 0 Å². The topological polar surface area (TPSA) is 55.5 Å². The molecule has 1 aromatic carbocycles. The average molecular weight is 304 g/mol. The molecule has 2 rings (SSSR count). The van der Waals surface area contributed by atoms with E-state index >= 15 is 0 Å². The molecule has 106 valence electrons. The number of benzene rings is 1. The second kappa shape index (κ2) is 6.91. The number of rotatable bonds is 4. The number of hydrogen-bond donors (Lipinski definition) is 2. The maximum absolute atomic E-state index is 10.6. The molecule has 0 aromatic heterocycles. The van der Waals surface area contributed by atoms with Crippen LogP contribution in [0.3, 0.4) is 0 Å². The van der Waals surface area contributed by atoms with Crippen LogP contribution < -0.4 is 5.73 Å². The number of aliphatic hydroxyl groups excluding tert-OH is 1. The highest BCUT2D eigenvalue weighted by molar-refractivity contribution is 6.36. The van der Waals surface area contributed by atoms with Crippen molar-refractivity contribution < 1.29 is 9.84 Å². The highest BCUT2D eigenvalue weighted by Crippen LogP contribution is 2.36. The Hall–Kier alpha value is -0.320. The highest BCUT2D eigenvalue weighted by Gasteiger charge is 2.31. The Balaban J connectivity index is 2.23. The summed E-state index contributed by atoms with van der Waals surface area (Å²) in [6, 6.07) is 5.35. The van der Waals surface area contributed by atoms with Crippen LogP contribution in [0.2, 0.25) is 10.0 Å². The first-order valence-electron chi connectivity index (χ1n) is 6.55. The van der Waals surface area contributed by atoms with E-state index in [9.17, 15) is 5.11 Å². The van der Waals surface area contributed by atoms with E-state index in [4.69, 9.17) is 33.7 Å². The molecule has 5 heteroatoms. The predicted octanol–water partition coefficient (Wildman–Crippen LogP) is 2.82. The van der Waals surface area contributed by atoms with Crippen LogP contribution in [-0.4, -0.2) is 31.0 Å². The molecule has 1 heterocycles.